The summed E-state index contributed by atoms with van der Waals surface area (Å²) in [7, 11) is -5.15. The molecule has 0 bridgehead atoms. The van der Waals surface area contributed by atoms with Crippen LogP contribution in [0, 0.1) is 0 Å². The van der Waals surface area contributed by atoms with Crippen LogP contribution in [0.3, 0.4) is 0 Å². The lowest BCUT2D eigenvalue weighted by Gasteiger charge is -2.11. The molecular weight excluding hydrogens is 272 g/mol. The maximum Gasteiger partial charge on any atom is 0.416 e. The topological polar surface area (TPSA) is 34.1 Å². The van der Waals surface area contributed by atoms with E-state index in [-0.39, 0.29) is 11.6 Å². The molecule has 16 heavy (non-hydrogen) atoms. The van der Waals surface area contributed by atoms with E-state index in [1.807, 2.05) is 0 Å². The van der Waals surface area contributed by atoms with Gasteiger partial charge in [0.05, 0.1) is 10.5 Å². The Hall–Kier alpha value is -0.820. The fourth-order valence-electron chi connectivity index (χ4n) is 1.09. The van der Waals surface area contributed by atoms with Crippen LogP contribution in [0.15, 0.2) is 23.1 Å². The number of benzene rings is 1. The lowest BCUT2D eigenvalue weighted by molar-refractivity contribution is -0.138. The predicted molar refractivity (Wildman–Crippen MR) is 49.3 cm³/mol. The minimum atomic E-state index is -5.15. The molecule has 0 saturated heterocycles. The molecule has 1 aromatic carbocycles. The largest absolute Gasteiger partial charge is 0.416 e. The summed E-state index contributed by atoms with van der Waals surface area (Å²) in [5.41, 5.74) is -1.55. The number of hydrogen-bond acceptors (Lipinski definition) is 2. The zero-order valence-corrected chi connectivity index (χ0v) is 9.13. The third-order valence-electron chi connectivity index (χ3n) is 1.81. The van der Waals surface area contributed by atoms with Gasteiger partial charge in [-0.1, -0.05) is 6.07 Å². The summed E-state index contributed by atoms with van der Waals surface area (Å²) in [6, 6.07) is 1.80. The van der Waals surface area contributed by atoms with Crippen molar-refractivity contribution in [2.45, 2.75) is 17.0 Å². The fourth-order valence-corrected chi connectivity index (χ4v) is 1.81. The van der Waals surface area contributed by atoms with E-state index in [1.165, 1.54) is 0 Å². The van der Waals surface area contributed by atoms with E-state index < -0.39 is 32.7 Å². The van der Waals surface area contributed by atoms with Crippen LogP contribution in [0.2, 0.25) is 0 Å². The Kier molecular flexibility index (Phi) is 3.49. The minimum absolute atomic E-state index is 0.229. The monoisotopic (exact) mass is 276 g/mol. The lowest BCUT2D eigenvalue weighted by atomic mass is 10.1. The SMILES string of the molecule is O=S(=O)(F)c1ccc(CCl)c(C(F)(F)F)c1. The van der Waals surface area contributed by atoms with E-state index in [1.54, 1.807) is 0 Å². The maximum atomic E-state index is 12.5. The van der Waals surface area contributed by atoms with E-state index >= 15 is 0 Å². The first-order valence-electron chi connectivity index (χ1n) is 3.87. The fraction of sp³-hybridized carbons (Fsp3) is 0.250. The van der Waals surface area contributed by atoms with E-state index in [4.69, 9.17) is 11.6 Å². The highest BCUT2D eigenvalue weighted by atomic mass is 35.5. The van der Waals surface area contributed by atoms with Gasteiger partial charge in [-0.2, -0.15) is 21.6 Å². The van der Waals surface area contributed by atoms with Crippen LogP contribution in [-0.2, 0) is 22.3 Å². The van der Waals surface area contributed by atoms with Gasteiger partial charge < -0.3 is 0 Å². The lowest BCUT2D eigenvalue weighted by Crippen LogP contribution is -2.09. The summed E-state index contributed by atoms with van der Waals surface area (Å²) < 4.78 is 70.7. The van der Waals surface area contributed by atoms with Crippen molar-refractivity contribution in [2.75, 3.05) is 0 Å². The molecule has 8 heteroatoms. The summed E-state index contributed by atoms with van der Waals surface area (Å²) in [5.74, 6) is -0.443. The number of halogens is 5. The van der Waals surface area contributed by atoms with Gasteiger partial charge in [-0.15, -0.1) is 15.5 Å². The molecule has 0 atom stereocenters. The zero-order chi connectivity index (χ0) is 12.6. The average molecular weight is 277 g/mol. The third-order valence-corrected chi connectivity index (χ3v) is 2.92. The molecule has 0 spiro atoms. The first kappa shape index (κ1) is 13.2. The van der Waals surface area contributed by atoms with E-state index in [0.717, 1.165) is 12.1 Å². The molecular formula is C8H5ClF4O2S. The van der Waals surface area contributed by atoms with Gasteiger partial charge >= 0.3 is 16.4 Å². The van der Waals surface area contributed by atoms with Crippen LogP contribution in [0.4, 0.5) is 17.1 Å². The molecule has 0 aliphatic carbocycles. The van der Waals surface area contributed by atoms with Gasteiger partial charge in [0.25, 0.3) is 0 Å². The molecule has 0 fully saturated rings. The highest BCUT2D eigenvalue weighted by Crippen LogP contribution is 2.34. The van der Waals surface area contributed by atoms with Crippen LogP contribution in [0.1, 0.15) is 11.1 Å². The maximum absolute atomic E-state index is 12.5. The van der Waals surface area contributed by atoms with Gasteiger partial charge in [-0.25, -0.2) is 0 Å². The molecule has 0 aliphatic heterocycles. The Morgan fingerprint density at radius 3 is 2.19 bits per heavy atom. The summed E-state index contributed by atoms with van der Waals surface area (Å²) in [4.78, 5) is -1.03. The van der Waals surface area contributed by atoms with Gasteiger partial charge in [0.15, 0.2) is 0 Å². The minimum Gasteiger partial charge on any atom is -0.189 e. The first-order valence-corrected chi connectivity index (χ1v) is 5.79. The van der Waals surface area contributed by atoms with Crippen molar-refractivity contribution in [1.82, 2.24) is 0 Å². The molecule has 0 saturated carbocycles. The summed E-state index contributed by atoms with van der Waals surface area (Å²) in [6.07, 6.45) is -4.77. The molecule has 0 aromatic heterocycles. The van der Waals surface area contributed by atoms with Crippen molar-refractivity contribution in [3.63, 3.8) is 0 Å². The van der Waals surface area contributed by atoms with E-state index in [9.17, 15) is 25.5 Å². The van der Waals surface area contributed by atoms with Gasteiger partial charge in [-0.05, 0) is 17.7 Å². The van der Waals surface area contributed by atoms with Crippen LogP contribution in [-0.4, -0.2) is 8.42 Å². The standard InChI is InChI=1S/C8H5ClF4O2S/c9-4-5-1-2-6(16(13,14)15)3-7(5)8(10,11)12/h1-3H,4H2. The van der Waals surface area contributed by atoms with Crippen LogP contribution in [0.25, 0.3) is 0 Å². The second-order valence-corrected chi connectivity index (χ2v) is 4.50. The van der Waals surface area contributed by atoms with Crippen LogP contribution >= 0.6 is 11.6 Å². The van der Waals surface area contributed by atoms with Crippen molar-refractivity contribution in [3.05, 3.63) is 29.3 Å². The second-order valence-electron chi connectivity index (χ2n) is 2.89. The van der Waals surface area contributed by atoms with Crippen molar-refractivity contribution < 1.29 is 25.5 Å². The molecule has 0 N–H and O–H groups in total. The summed E-state index contributed by atoms with van der Waals surface area (Å²) in [6.45, 7) is 0. The molecule has 0 amide bonds. The second kappa shape index (κ2) is 4.21. The van der Waals surface area contributed by atoms with E-state index in [2.05, 4.69) is 0 Å². The molecule has 0 aliphatic rings. The van der Waals surface area contributed by atoms with Crippen molar-refractivity contribution in [1.29, 1.82) is 0 Å². The third kappa shape index (κ3) is 2.85. The number of rotatable bonds is 2. The van der Waals surface area contributed by atoms with Crippen molar-refractivity contribution >= 4 is 21.8 Å². The Balaban J connectivity index is 3.45. The quantitative estimate of drug-likeness (QED) is 0.472. The average Bonchev–Trinajstić information content (AvgIpc) is 2.14. The number of hydrogen-bond donors (Lipinski definition) is 0. The van der Waals surface area contributed by atoms with Gasteiger partial charge in [0.2, 0.25) is 0 Å². The highest BCUT2D eigenvalue weighted by molar-refractivity contribution is 7.86. The molecule has 1 aromatic rings. The van der Waals surface area contributed by atoms with Crippen molar-refractivity contribution in [2.24, 2.45) is 0 Å². The predicted octanol–water partition coefficient (Wildman–Crippen LogP) is 3.10. The first-order chi connectivity index (χ1) is 7.16. The van der Waals surface area contributed by atoms with Gasteiger partial charge in [-0.3, -0.25) is 0 Å². The van der Waals surface area contributed by atoms with E-state index in [0.29, 0.717) is 0 Å². The Bertz CT molecular complexity index is 495. The molecule has 1 rings (SSSR count). The Labute approximate surface area is 94.0 Å². The Morgan fingerprint density at radius 2 is 1.81 bits per heavy atom. The Morgan fingerprint density at radius 1 is 1.25 bits per heavy atom. The molecule has 90 valence electrons. The van der Waals surface area contributed by atoms with Gasteiger partial charge in [0.1, 0.15) is 0 Å². The van der Waals surface area contributed by atoms with Gasteiger partial charge in [0, 0.05) is 5.88 Å². The number of alkyl halides is 4. The zero-order valence-electron chi connectivity index (χ0n) is 7.55. The molecule has 2 nitrogen and oxygen atoms in total. The van der Waals surface area contributed by atoms with Crippen molar-refractivity contribution in [3.8, 4) is 0 Å². The highest BCUT2D eigenvalue weighted by Gasteiger charge is 2.34. The van der Waals surface area contributed by atoms with Crippen LogP contribution < -0.4 is 0 Å². The molecule has 0 unspecified atom stereocenters. The summed E-state index contributed by atoms with van der Waals surface area (Å²) >= 11 is 5.26. The molecule has 0 radical (unpaired) electrons. The normalized spacial score (nSPS) is 12.8. The molecule has 0 heterocycles. The smallest absolute Gasteiger partial charge is 0.189 e. The van der Waals surface area contributed by atoms with Crippen LogP contribution in [0.5, 0.6) is 0 Å². The summed E-state index contributed by atoms with van der Waals surface area (Å²) in [5, 5.41) is 0.